The molecule has 0 saturated carbocycles. The van der Waals surface area contributed by atoms with Crippen LogP contribution in [-0.2, 0) is 0 Å². The van der Waals surface area contributed by atoms with Gasteiger partial charge in [0, 0.05) is 11.4 Å². The summed E-state index contributed by atoms with van der Waals surface area (Å²) in [6, 6.07) is 1.98. The Morgan fingerprint density at radius 3 is 2.81 bits per heavy atom. The van der Waals surface area contributed by atoms with Crippen LogP contribution in [0, 0.1) is 6.92 Å². The van der Waals surface area contributed by atoms with E-state index >= 15 is 0 Å². The SMILES string of the molecule is CCC(O)(CN)CCCSc1ccoc1C. The highest BCUT2D eigenvalue weighted by Crippen LogP contribution is 2.25. The van der Waals surface area contributed by atoms with Gasteiger partial charge in [0.1, 0.15) is 5.76 Å². The van der Waals surface area contributed by atoms with Crippen LogP contribution in [0.5, 0.6) is 0 Å². The van der Waals surface area contributed by atoms with E-state index in [9.17, 15) is 5.11 Å². The second-order valence-corrected chi connectivity index (χ2v) is 5.21. The second-order valence-electron chi connectivity index (χ2n) is 4.08. The molecule has 0 fully saturated rings. The van der Waals surface area contributed by atoms with Crippen LogP contribution in [0.15, 0.2) is 21.6 Å². The van der Waals surface area contributed by atoms with E-state index in [0.717, 1.165) is 30.8 Å². The fourth-order valence-corrected chi connectivity index (χ4v) is 2.44. The molecule has 0 aromatic carbocycles. The van der Waals surface area contributed by atoms with Crippen LogP contribution in [0.3, 0.4) is 0 Å². The second kappa shape index (κ2) is 6.33. The molecule has 4 heteroatoms. The molecule has 1 rings (SSSR count). The van der Waals surface area contributed by atoms with Gasteiger partial charge in [0.15, 0.2) is 0 Å². The third-order valence-electron chi connectivity index (χ3n) is 2.89. The molecule has 1 unspecified atom stereocenters. The molecule has 1 aromatic rings. The lowest BCUT2D eigenvalue weighted by atomic mass is 9.95. The molecule has 0 aliphatic heterocycles. The Labute approximate surface area is 101 Å². The molecule has 0 bridgehead atoms. The van der Waals surface area contributed by atoms with Crippen molar-refractivity contribution in [1.82, 2.24) is 0 Å². The van der Waals surface area contributed by atoms with Crippen LogP contribution in [0.2, 0.25) is 0 Å². The van der Waals surface area contributed by atoms with E-state index in [1.807, 2.05) is 19.9 Å². The minimum Gasteiger partial charge on any atom is -0.468 e. The average molecular weight is 243 g/mol. The molecule has 16 heavy (non-hydrogen) atoms. The number of hydrogen-bond acceptors (Lipinski definition) is 4. The molecular weight excluding hydrogens is 222 g/mol. The van der Waals surface area contributed by atoms with Crippen molar-refractivity contribution in [2.24, 2.45) is 5.73 Å². The van der Waals surface area contributed by atoms with E-state index in [-0.39, 0.29) is 0 Å². The highest BCUT2D eigenvalue weighted by molar-refractivity contribution is 7.99. The minimum absolute atomic E-state index is 0.346. The molecular formula is C12H21NO2S. The molecule has 1 heterocycles. The van der Waals surface area contributed by atoms with Gasteiger partial charge in [-0.15, -0.1) is 11.8 Å². The number of nitrogens with two attached hydrogens (primary N) is 1. The Kier molecular flexibility index (Phi) is 5.38. The van der Waals surface area contributed by atoms with Crippen LogP contribution in [0.25, 0.3) is 0 Å². The lowest BCUT2D eigenvalue weighted by Crippen LogP contribution is -2.36. The lowest BCUT2D eigenvalue weighted by Gasteiger charge is -2.24. The molecule has 0 saturated heterocycles. The Morgan fingerprint density at radius 1 is 1.56 bits per heavy atom. The first-order valence-corrected chi connectivity index (χ1v) is 6.69. The first kappa shape index (κ1) is 13.6. The molecule has 0 radical (unpaired) electrons. The maximum atomic E-state index is 9.99. The van der Waals surface area contributed by atoms with Crippen molar-refractivity contribution in [2.75, 3.05) is 12.3 Å². The Balaban J connectivity index is 2.24. The zero-order valence-corrected chi connectivity index (χ0v) is 10.8. The maximum Gasteiger partial charge on any atom is 0.114 e. The smallest absolute Gasteiger partial charge is 0.114 e. The molecule has 3 N–H and O–H groups in total. The number of thioether (sulfide) groups is 1. The normalized spacial score (nSPS) is 15.0. The van der Waals surface area contributed by atoms with Crippen molar-refractivity contribution in [3.05, 3.63) is 18.1 Å². The van der Waals surface area contributed by atoms with Gasteiger partial charge in [-0.3, -0.25) is 0 Å². The van der Waals surface area contributed by atoms with Gasteiger partial charge >= 0.3 is 0 Å². The largest absolute Gasteiger partial charge is 0.468 e. The summed E-state index contributed by atoms with van der Waals surface area (Å²) in [5, 5.41) is 9.99. The summed E-state index contributed by atoms with van der Waals surface area (Å²) in [6.45, 7) is 4.28. The molecule has 92 valence electrons. The van der Waals surface area contributed by atoms with Crippen LogP contribution in [0.4, 0.5) is 0 Å². The topological polar surface area (TPSA) is 59.4 Å². The van der Waals surface area contributed by atoms with Gasteiger partial charge in [-0.25, -0.2) is 0 Å². The van der Waals surface area contributed by atoms with Gasteiger partial charge in [-0.05, 0) is 38.0 Å². The first-order chi connectivity index (χ1) is 7.61. The Bertz CT molecular complexity index is 308. The van der Waals surface area contributed by atoms with Gasteiger partial charge in [0.25, 0.3) is 0 Å². The maximum absolute atomic E-state index is 9.99. The number of aliphatic hydroxyl groups is 1. The molecule has 1 aromatic heterocycles. The summed E-state index contributed by atoms with van der Waals surface area (Å²) in [4.78, 5) is 1.19. The number of hydrogen-bond donors (Lipinski definition) is 2. The van der Waals surface area contributed by atoms with Crippen molar-refractivity contribution >= 4 is 11.8 Å². The van der Waals surface area contributed by atoms with Crippen LogP contribution in [0.1, 0.15) is 31.9 Å². The minimum atomic E-state index is -0.675. The van der Waals surface area contributed by atoms with E-state index in [1.54, 1.807) is 18.0 Å². The van der Waals surface area contributed by atoms with Crippen molar-refractivity contribution in [1.29, 1.82) is 0 Å². The van der Waals surface area contributed by atoms with E-state index in [4.69, 9.17) is 10.2 Å². The van der Waals surface area contributed by atoms with Gasteiger partial charge in [0.05, 0.1) is 11.9 Å². The Hall–Kier alpha value is -0.450. The molecule has 0 amide bonds. The zero-order valence-electron chi connectivity index (χ0n) is 10.0. The lowest BCUT2D eigenvalue weighted by molar-refractivity contribution is 0.0360. The van der Waals surface area contributed by atoms with E-state index in [0.29, 0.717) is 6.54 Å². The fourth-order valence-electron chi connectivity index (χ4n) is 1.53. The summed E-state index contributed by atoms with van der Waals surface area (Å²) in [5.41, 5.74) is 4.87. The first-order valence-electron chi connectivity index (χ1n) is 5.70. The molecule has 0 aliphatic carbocycles. The van der Waals surface area contributed by atoms with E-state index < -0.39 is 5.60 Å². The van der Waals surface area contributed by atoms with Crippen molar-refractivity contribution in [3.63, 3.8) is 0 Å². The van der Waals surface area contributed by atoms with Crippen molar-refractivity contribution in [2.45, 2.75) is 43.6 Å². The monoisotopic (exact) mass is 243 g/mol. The summed E-state index contributed by atoms with van der Waals surface area (Å²) < 4.78 is 5.21. The van der Waals surface area contributed by atoms with Gasteiger partial charge in [0.2, 0.25) is 0 Å². The predicted octanol–water partition coefficient (Wildman–Crippen LogP) is 2.56. The highest BCUT2D eigenvalue weighted by Gasteiger charge is 2.21. The van der Waals surface area contributed by atoms with E-state index in [1.165, 1.54) is 4.90 Å². The number of furan rings is 1. The molecule has 1 atom stereocenters. The molecule has 0 spiro atoms. The third-order valence-corrected chi connectivity index (χ3v) is 4.12. The summed E-state index contributed by atoms with van der Waals surface area (Å²) in [6.07, 6.45) is 4.17. The average Bonchev–Trinajstić information content (AvgIpc) is 2.70. The summed E-state index contributed by atoms with van der Waals surface area (Å²) >= 11 is 1.77. The Morgan fingerprint density at radius 2 is 2.31 bits per heavy atom. The van der Waals surface area contributed by atoms with Gasteiger partial charge in [-0.1, -0.05) is 6.92 Å². The number of aryl methyl sites for hydroxylation is 1. The highest BCUT2D eigenvalue weighted by atomic mass is 32.2. The van der Waals surface area contributed by atoms with Gasteiger partial charge < -0.3 is 15.3 Å². The summed E-state index contributed by atoms with van der Waals surface area (Å²) in [5.74, 6) is 1.96. The standard InChI is InChI=1S/C12H21NO2S/c1-3-12(14,9-13)6-4-8-16-11-5-7-15-10(11)2/h5,7,14H,3-4,6,8-9,13H2,1-2H3. The summed E-state index contributed by atoms with van der Waals surface area (Å²) in [7, 11) is 0. The molecule has 3 nitrogen and oxygen atoms in total. The quantitative estimate of drug-likeness (QED) is 0.571. The molecule has 0 aliphatic rings. The van der Waals surface area contributed by atoms with Crippen molar-refractivity contribution in [3.8, 4) is 0 Å². The van der Waals surface area contributed by atoms with E-state index in [2.05, 4.69) is 0 Å². The van der Waals surface area contributed by atoms with Crippen LogP contribution < -0.4 is 5.73 Å². The zero-order chi connectivity index (χ0) is 12.0. The third kappa shape index (κ3) is 3.85. The fraction of sp³-hybridized carbons (Fsp3) is 0.667. The predicted molar refractivity (Wildman–Crippen MR) is 67.7 cm³/mol. The van der Waals surface area contributed by atoms with Crippen LogP contribution in [-0.4, -0.2) is 23.0 Å². The van der Waals surface area contributed by atoms with Gasteiger partial charge in [-0.2, -0.15) is 0 Å². The van der Waals surface area contributed by atoms with Crippen LogP contribution >= 0.6 is 11.8 Å². The number of rotatable bonds is 7. The van der Waals surface area contributed by atoms with Crippen molar-refractivity contribution < 1.29 is 9.52 Å².